The van der Waals surface area contributed by atoms with Crippen LogP contribution in [-0.4, -0.2) is 10.3 Å². The zero-order chi connectivity index (χ0) is 41.0. The number of benzene rings is 9. The molecule has 2 aliphatic rings. The van der Waals surface area contributed by atoms with Crippen LogP contribution in [0.4, 0.5) is 5.69 Å². The van der Waals surface area contributed by atoms with E-state index in [-0.39, 0.29) is 12.4 Å². The second kappa shape index (κ2) is 14.8. The topological polar surface area (TPSA) is 50.6 Å². The van der Waals surface area contributed by atoms with E-state index < -0.39 is 0 Å². The molecule has 2 aliphatic heterocycles. The van der Waals surface area contributed by atoms with Gasteiger partial charge in [0.15, 0.2) is 12.0 Å². The minimum atomic E-state index is -0.302. The molecule has 1 aromatic heterocycles. The maximum Gasteiger partial charge on any atom is 0.196 e. The highest BCUT2D eigenvalue weighted by Gasteiger charge is 2.29. The number of nitrogens with one attached hydrogen (secondary N) is 2. The molecule has 3 heterocycles. The van der Waals surface area contributed by atoms with Crippen LogP contribution < -0.4 is 15.4 Å². The van der Waals surface area contributed by atoms with E-state index in [1.807, 2.05) is 6.07 Å². The number of aromatic nitrogens is 1. The Balaban J connectivity index is 0.977. The first-order chi connectivity index (χ1) is 30.7. The minimum Gasteiger partial charge on any atom is -0.462 e. The Morgan fingerprint density at radius 3 is 1.89 bits per heavy atom. The Kier molecular flexibility index (Phi) is 8.56. The molecule has 0 spiro atoms. The molecule has 2 unspecified atom stereocenters. The third-order valence-electron chi connectivity index (χ3n) is 12.2. The number of hydrogen-bond donors (Lipinski definition) is 2. The van der Waals surface area contributed by atoms with E-state index in [9.17, 15) is 0 Å². The molecule has 0 bridgehead atoms. The third-order valence-corrected chi connectivity index (χ3v) is 12.2. The largest absolute Gasteiger partial charge is 0.462 e. The van der Waals surface area contributed by atoms with Crippen molar-refractivity contribution >= 4 is 49.7 Å². The first-order valence-corrected chi connectivity index (χ1v) is 21.2. The predicted molar refractivity (Wildman–Crippen MR) is 256 cm³/mol. The van der Waals surface area contributed by atoms with E-state index in [0.29, 0.717) is 0 Å². The number of anilines is 1. The summed E-state index contributed by atoms with van der Waals surface area (Å²) in [5.74, 6) is 0.858. The number of aliphatic imine (C=N–C) groups is 1. The van der Waals surface area contributed by atoms with Gasteiger partial charge in [0.1, 0.15) is 6.17 Å². The van der Waals surface area contributed by atoms with Gasteiger partial charge in [-0.3, -0.25) is 4.99 Å². The first kappa shape index (κ1) is 35.8. The number of hydrogen-bond acceptors (Lipinski definition) is 4. The second-order valence-corrected chi connectivity index (χ2v) is 16.0. The molecular formula is C57H40N4O. The number of fused-ring (bicyclic) bond motifs is 7. The molecule has 5 nitrogen and oxygen atoms in total. The monoisotopic (exact) mass is 796 g/mol. The van der Waals surface area contributed by atoms with Crippen molar-refractivity contribution in [3.05, 3.63) is 241 Å². The smallest absolute Gasteiger partial charge is 0.196 e. The van der Waals surface area contributed by atoms with Gasteiger partial charge in [0, 0.05) is 33.3 Å². The van der Waals surface area contributed by atoms with Gasteiger partial charge in [0.2, 0.25) is 0 Å². The van der Waals surface area contributed by atoms with Gasteiger partial charge in [0.05, 0.1) is 22.4 Å². The number of rotatable bonds is 7. The van der Waals surface area contributed by atoms with Gasteiger partial charge in [-0.2, -0.15) is 0 Å². The maximum atomic E-state index is 6.85. The summed E-state index contributed by atoms with van der Waals surface area (Å²) in [7, 11) is 0. The van der Waals surface area contributed by atoms with Crippen LogP contribution in [0.3, 0.4) is 0 Å². The van der Waals surface area contributed by atoms with Gasteiger partial charge < -0.3 is 19.9 Å². The predicted octanol–water partition coefficient (Wildman–Crippen LogP) is 13.9. The van der Waals surface area contributed by atoms with E-state index >= 15 is 0 Å². The molecule has 9 aromatic carbocycles. The highest BCUT2D eigenvalue weighted by atomic mass is 16.5. The number of nitrogens with zero attached hydrogens (tertiary/aromatic N) is 2. The Labute approximate surface area is 359 Å². The molecule has 0 fully saturated rings. The average molecular weight is 797 g/mol. The fourth-order valence-corrected chi connectivity index (χ4v) is 9.23. The molecule has 0 saturated carbocycles. The molecule has 0 radical (unpaired) electrons. The van der Waals surface area contributed by atoms with E-state index in [2.05, 4.69) is 228 Å². The molecule has 62 heavy (non-hydrogen) atoms. The van der Waals surface area contributed by atoms with Crippen LogP contribution in [0.5, 0.6) is 5.75 Å². The Hall–Kier alpha value is -8.15. The van der Waals surface area contributed by atoms with Gasteiger partial charge >= 0.3 is 0 Å². The highest BCUT2D eigenvalue weighted by Crippen LogP contribution is 2.48. The molecule has 0 saturated heterocycles. The van der Waals surface area contributed by atoms with Crippen LogP contribution >= 0.6 is 0 Å². The molecule has 294 valence electrons. The van der Waals surface area contributed by atoms with Crippen molar-refractivity contribution < 1.29 is 4.74 Å². The quantitative estimate of drug-likeness (QED) is 0.169. The average Bonchev–Trinajstić information content (AvgIpc) is 3.95. The lowest BCUT2D eigenvalue weighted by Gasteiger charge is -2.25. The van der Waals surface area contributed by atoms with E-state index in [1.165, 1.54) is 27.3 Å². The summed E-state index contributed by atoms with van der Waals surface area (Å²) in [6.07, 6.45) is 1.61. The van der Waals surface area contributed by atoms with Crippen molar-refractivity contribution in [1.82, 2.24) is 9.88 Å². The zero-order valence-corrected chi connectivity index (χ0v) is 33.7. The summed E-state index contributed by atoms with van der Waals surface area (Å²) in [6, 6.07) is 75.3. The van der Waals surface area contributed by atoms with E-state index in [4.69, 9.17) is 9.73 Å². The SMILES string of the molecule is C1=C(c2ccc(-n3c4ccc5ccccc5c4c4ccc5c(c43)OC(c3ccccc3)N5)cc2)NC(c2cccc(-c3ccccc3)c2)N=C1c1cccc(-c2ccccc2)c1. The number of allylic oxidation sites excluding steroid dienone is 1. The van der Waals surface area contributed by atoms with Crippen molar-refractivity contribution in [2.45, 2.75) is 12.4 Å². The minimum absolute atomic E-state index is 0.280. The fraction of sp³-hybridized carbons (Fsp3) is 0.0351. The molecule has 12 rings (SSSR count). The summed E-state index contributed by atoms with van der Waals surface area (Å²) < 4.78 is 9.22. The standard InChI is InChI=1S/C57H40N4O/c1-4-14-37(15-5-1)42-21-12-23-44(34-42)51-36-50(58-56(59-51)45-24-13-22-43(35-45)38-16-6-2-7-17-38)40-26-29-46(30-27-40)61-52-33-28-39-18-10-11-25-47(39)53(52)48-31-32-49-55(54(48)61)62-57(60-49)41-19-8-3-9-20-41/h1-36,56-58,60H. The lowest BCUT2D eigenvalue weighted by atomic mass is 9.97. The summed E-state index contributed by atoms with van der Waals surface area (Å²) in [5, 5.41) is 12.3. The van der Waals surface area contributed by atoms with Gasteiger partial charge in [-0.1, -0.05) is 170 Å². The van der Waals surface area contributed by atoms with Crippen molar-refractivity contribution in [3.63, 3.8) is 0 Å². The summed E-state index contributed by atoms with van der Waals surface area (Å²) in [6.45, 7) is 0. The van der Waals surface area contributed by atoms with Crippen molar-refractivity contribution in [2.75, 3.05) is 5.32 Å². The first-order valence-electron chi connectivity index (χ1n) is 21.2. The van der Waals surface area contributed by atoms with Crippen LogP contribution in [0.2, 0.25) is 0 Å². The van der Waals surface area contributed by atoms with Crippen LogP contribution in [0.15, 0.2) is 223 Å². The van der Waals surface area contributed by atoms with E-state index in [0.717, 1.165) is 78.3 Å². The molecule has 10 aromatic rings. The third kappa shape index (κ3) is 6.22. The summed E-state index contributed by atoms with van der Waals surface area (Å²) in [5.41, 5.74) is 15.2. The maximum absolute atomic E-state index is 6.85. The lowest BCUT2D eigenvalue weighted by Crippen LogP contribution is -2.25. The van der Waals surface area contributed by atoms with Crippen molar-refractivity contribution in [1.29, 1.82) is 0 Å². The van der Waals surface area contributed by atoms with Gasteiger partial charge in [-0.25, -0.2) is 0 Å². The molecule has 0 amide bonds. The van der Waals surface area contributed by atoms with Gasteiger partial charge in [0.25, 0.3) is 0 Å². The number of ether oxygens (including phenoxy) is 1. The van der Waals surface area contributed by atoms with Gasteiger partial charge in [-0.15, -0.1) is 0 Å². The molecule has 0 aliphatic carbocycles. The summed E-state index contributed by atoms with van der Waals surface area (Å²) in [4.78, 5) is 5.39. The Bertz CT molecular complexity index is 3370. The fourth-order valence-electron chi connectivity index (χ4n) is 9.23. The zero-order valence-electron chi connectivity index (χ0n) is 33.7. The van der Waals surface area contributed by atoms with Crippen LogP contribution in [-0.2, 0) is 0 Å². The van der Waals surface area contributed by atoms with Crippen molar-refractivity contribution in [3.8, 4) is 33.7 Å². The van der Waals surface area contributed by atoms with Crippen LogP contribution in [0, 0.1) is 0 Å². The van der Waals surface area contributed by atoms with Crippen molar-refractivity contribution in [2.24, 2.45) is 4.99 Å². The van der Waals surface area contributed by atoms with E-state index in [1.54, 1.807) is 0 Å². The van der Waals surface area contributed by atoms with Crippen LogP contribution in [0.1, 0.15) is 34.6 Å². The second-order valence-electron chi connectivity index (χ2n) is 16.0. The van der Waals surface area contributed by atoms with Gasteiger partial charge in [-0.05, 0) is 92.7 Å². The normalized spacial score (nSPS) is 15.7. The Morgan fingerprint density at radius 1 is 0.468 bits per heavy atom. The highest BCUT2D eigenvalue weighted by molar-refractivity contribution is 6.23. The Morgan fingerprint density at radius 2 is 1.11 bits per heavy atom. The summed E-state index contributed by atoms with van der Waals surface area (Å²) >= 11 is 0. The molecular weight excluding hydrogens is 757 g/mol. The van der Waals surface area contributed by atoms with Crippen LogP contribution in [0.25, 0.3) is 66.2 Å². The molecule has 5 heteroatoms. The molecule has 2 atom stereocenters. The molecule has 2 N–H and O–H groups in total. The lowest BCUT2D eigenvalue weighted by molar-refractivity contribution is 0.262.